The zero-order valence-corrected chi connectivity index (χ0v) is 8.16. The molecule has 0 spiro atoms. The van der Waals surface area contributed by atoms with Crippen molar-refractivity contribution in [3.05, 3.63) is 27.7 Å². The van der Waals surface area contributed by atoms with Crippen molar-refractivity contribution in [2.24, 2.45) is 0 Å². The summed E-state index contributed by atoms with van der Waals surface area (Å²) in [6.07, 6.45) is 0. The summed E-state index contributed by atoms with van der Waals surface area (Å²) in [5.74, 6) is -0.104. The Hall–Kier alpha value is -0.540. The molecule has 5 heteroatoms. The van der Waals surface area contributed by atoms with Crippen LogP contribution in [0.25, 0.3) is 0 Å². The molecule has 0 atom stereocenters. The van der Waals surface area contributed by atoms with Crippen LogP contribution >= 0.6 is 23.2 Å². The van der Waals surface area contributed by atoms with E-state index in [0.717, 1.165) is 0 Å². The summed E-state index contributed by atoms with van der Waals surface area (Å²) in [4.78, 5) is 0. The summed E-state index contributed by atoms with van der Waals surface area (Å²) in [6, 6.07) is 2.74. The summed E-state index contributed by atoms with van der Waals surface area (Å²) < 4.78 is 27.7. The number of ether oxygens (including phenoxy) is 1. The Balaban J connectivity index is 3.01. The van der Waals surface area contributed by atoms with Crippen LogP contribution in [0.2, 0.25) is 10.0 Å². The Morgan fingerprint density at radius 1 is 1.23 bits per heavy atom. The van der Waals surface area contributed by atoms with Crippen molar-refractivity contribution in [1.29, 1.82) is 0 Å². The van der Waals surface area contributed by atoms with E-state index in [1.807, 2.05) is 0 Å². The highest BCUT2D eigenvalue weighted by Crippen LogP contribution is 2.31. The summed E-state index contributed by atoms with van der Waals surface area (Å²) in [5, 5.41) is 0.474. The standard InChI is InChI=1S/C8H6Cl2F2O/c1-4-2-6(10)7(3-5(4)9)13-8(11)12/h2-3,8H,1H3. The summed E-state index contributed by atoms with van der Waals surface area (Å²) in [5.41, 5.74) is 0.716. The molecule has 0 N–H and O–H groups in total. The number of benzene rings is 1. The van der Waals surface area contributed by atoms with Crippen molar-refractivity contribution < 1.29 is 13.5 Å². The Morgan fingerprint density at radius 3 is 2.38 bits per heavy atom. The summed E-state index contributed by atoms with van der Waals surface area (Å²) >= 11 is 11.3. The van der Waals surface area contributed by atoms with Crippen molar-refractivity contribution in [3.63, 3.8) is 0 Å². The number of hydrogen-bond donors (Lipinski definition) is 0. The van der Waals surface area contributed by atoms with E-state index >= 15 is 0 Å². The van der Waals surface area contributed by atoms with Crippen LogP contribution in [0.15, 0.2) is 12.1 Å². The third kappa shape index (κ3) is 2.71. The van der Waals surface area contributed by atoms with E-state index in [9.17, 15) is 8.78 Å². The lowest BCUT2D eigenvalue weighted by Gasteiger charge is -2.07. The van der Waals surface area contributed by atoms with E-state index in [2.05, 4.69) is 4.74 Å². The van der Waals surface area contributed by atoms with E-state index < -0.39 is 6.61 Å². The normalized spacial score (nSPS) is 10.6. The molecule has 0 saturated heterocycles. The van der Waals surface area contributed by atoms with Gasteiger partial charge < -0.3 is 4.74 Å². The maximum Gasteiger partial charge on any atom is 0.387 e. The number of rotatable bonds is 2. The van der Waals surface area contributed by atoms with Gasteiger partial charge in [0.05, 0.1) is 5.02 Å². The first-order valence-electron chi connectivity index (χ1n) is 3.41. The minimum Gasteiger partial charge on any atom is -0.433 e. The van der Waals surface area contributed by atoms with Gasteiger partial charge >= 0.3 is 6.61 Å². The van der Waals surface area contributed by atoms with Crippen LogP contribution in [-0.4, -0.2) is 6.61 Å². The van der Waals surface area contributed by atoms with Crippen LogP contribution in [0.3, 0.4) is 0 Å². The minimum atomic E-state index is -2.89. The van der Waals surface area contributed by atoms with E-state index in [1.54, 1.807) is 6.92 Å². The SMILES string of the molecule is Cc1cc(Cl)c(OC(F)F)cc1Cl. The third-order valence-electron chi connectivity index (χ3n) is 1.43. The Labute approximate surface area is 84.2 Å². The van der Waals surface area contributed by atoms with Crippen LogP contribution in [0.4, 0.5) is 8.78 Å². The smallest absolute Gasteiger partial charge is 0.387 e. The van der Waals surface area contributed by atoms with Crippen molar-refractivity contribution in [2.75, 3.05) is 0 Å². The highest BCUT2D eigenvalue weighted by Gasteiger charge is 2.10. The number of aryl methyl sites for hydroxylation is 1. The van der Waals surface area contributed by atoms with Gasteiger partial charge in [-0.25, -0.2) is 0 Å². The molecule has 1 aromatic carbocycles. The lowest BCUT2D eigenvalue weighted by atomic mass is 10.2. The number of hydrogen-bond acceptors (Lipinski definition) is 1. The van der Waals surface area contributed by atoms with E-state index in [4.69, 9.17) is 23.2 Å². The van der Waals surface area contributed by atoms with Crippen LogP contribution in [0.5, 0.6) is 5.75 Å². The van der Waals surface area contributed by atoms with Gasteiger partial charge in [-0.05, 0) is 18.6 Å². The molecule has 0 aromatic heterocycles. The van der Waals surface area contributed by atoms with Crippen LogP contribution in [0, 0.1) is 6.92 Å². The maximum absolute atomic E-state index is 11.8. The van der Waals surface area contributed by atoms with Crippen molar-refractivity contribution in [2.45, 2.75) is 13.5 Å². The highest BCUT2D eigenvalue weighted by molar-refractivity contribution is 6.34. The molecule has 72 valence electrons. The van der Waals surface area contributed by atoms with Gasteiger partial charge in [-0.1, -0.05) is 23.2 Å². The Morgan fingerprint density at radius 2 is 1.85 bits per heavy atom. The predicted octanol–water partition coefficient (Wildman–Crippen LogP) is 3.90. The van der Waals surface area contributed by atoms with Gasteiger partial charge in [-0.2, -0.15) is 8.78 Å². The maximum atomic E-state index is 11.8. The summed E-state index contributed by atoms with van der Waals surface area (Å²) in [6.45, 7) is -1.17. The highest BCUT2D eigenvalue weighted by atomic mass is 35.5. The van der Waals surface area contributed by atoms with E-state index in [-0.39, 0.29) is 10.8 Å². The largest absolute Gasteiger partial charge is 0.433 e. The number of halogens is 4. The third-order valence-corrected chi connectivity index (χ3v) is 2.13. The molecule has 0 heterocycles. The lowest BCUT2D eigenvalue weighted by molar-refractivity contribution is -0.0497. The molecule has 1 rings (SSSR count). The zero-order chi connectivity index (χ0) is 10.0. The van der Waals surface area contributed by atoms with Gasteiger partial charge in [0.1, 0.15) is 5.75 Å². The Bertz CT molecular complexity index is 315. The van der Waals surface area contributed by atoms with Crippen LogP contribution < -0.4 is 4.74 Å². The second kappa shape index (κ2) is 4.11. The molecule has 0 unspecified atom stereocenters. The fraction of sp³-hybridized carbons (Fsp3) is 0.250. The molecular formula is C8H6Cl2F2O. The van der Waals surface area contributed by atoms with Crippen LogP contribution in [-0.2, 0) is 0 Å². The Kier molecular flexibility index (Phi) is 3.33. The lowest BCUT2D eigenvalue weighted by Crippen LogP contribution is -2.02. The van der Waals surface area contributed by atoms with E-state index in [1.165, 1.54) is 12.1 Å². The zero-order valence-electron chi connectivity index (χ0n) is 6.65. The average Bonchev–Trinajstić information content (AvgIpc) is 1.99. The fourth-order valence-electron chi connectivity index (χ4n) is 0.814. The first-order valence-corrected chi connectivity index (χ1v) is 4.16. The molecule has 0 aliphatic heterocycles. The first-order chi connectivity index (χ1) is 6.00. The molecule has 0 aliphatic rings. The van der Waals surface area contributed by atoms with Gasteiger partial charge in [0.15, 0.2) is 0 Å². The molecule has 13 heavy (non-hydrogen) atoms. The molecule has 0 radical (unpaired) electrons. The fourth-order valence-corrected chi connectivity index (χ4v) is 1.23. The molecule has 0 saturated carbocycles. The molecule has 0 fully saturated rings. The quantitative estimate of drug-likeness (QED) is 0.744. The topological polar surface area (TPSA) is 9.23 Å². The average molecular weight is 227 g/mol. The van der Waals surface area contributed by atoms with Gasteiger partial charge in [-0.15, -0.1) is 0 Å². The van der Waals surface area contributed by atoms with Gasteiger partial charge in [0, 0.05) is 11.1 Å². The molecule has 1 nitrogen and oxygen atoms in total. The first kappa shape index (κ1) is 10.5. The monoisotopic (exact) mass is 226 g/mol. The van der Waals surface area contributed by atoms with Crippen molar-refractivity contribution >= 4 is 23.2 Å². The minimum absolute atomic E-state index is 0.104. The second-order valence-electron chi connectivity index (χ2n) is 2.41. The second-order valence-corrected chi connectivity index (χ2v) is 3.22. The van der Waals surface area contributed by atoms with Crippen molar-refractivity contribution in [3.8, 4) is 5.75 Å². The summed E-state index contributed by atoms with van der Waals surface area (Å²) in [7, 11) is 0. The van der Waals surface area contributed by atoms with Crippen LogP contribution in [0.1, 0.15) is 5.56 Å². The molecule has 0 aliphatic carbocycles. The molecular weight excluding hydrogens is 221 g/mol. The number of alkyl halides is 2. The predicted molar refractivity (Wildman–Crippen MR) is 47.8 cm³/mol. The van der Waals surface area contributed by atoms with Gasteiger partial charge in [-0.3, -0.25) is 0 Å². The van der Waals surface area contributed by atoms with E-state index in [0.29, 0.717) is 10.6 Å². The van der Waals surface area contributed by atoms with Gasteiger partial charge in [0.25, 0.3) is 0 Å². The molecule has 1 aromatic rings. The molecule has 0 bridgehead atoms. The molecule has 0 amide bonds. The van der Waals surface area contributed by atoms with Crippen molar-refractivity contribution in [1.82, 2.24) is 0 Å². The van der Waals surface area contributed by atoms with Gasteiger partial charge in [0.2, 0.25) is 0 Å².